The predicted octanol–water partition coefficient (Wildman–Crippen LogP) is 1.23. The van der Waals surface area contributed by atoms with E-state index in [1.807, 2.05) is 5.38 Å². The predicted molar refractivity (Wildman–Crippen MR) is 74.3 cm³/mol. The normalized spacial score (nSPS) is 18.0. The average molecular weight is 353 g/mol. The molecule has 1 aliphatic rings. The quantitative estimate of drug-likeness (QED) is 0.804. The molecule has 100 valence electrons. The van der Waals surface area contributed by atoms with Gasteiger partial charge in [-0.2, -0.15) is 4.31 Å². The fourth-order valence-electron chi connectivity index (χ4n) is 1.80. The number of carbonyl (C=O) groups is 1. The summed E-state index contributed by atoms with van der Waals surface area (Å²) in [5.74, 6) is -0.0288. The fraction of sp³-hybridized carbons (Fsp3) is 0.500. The van der Waals surface area contributed by atoms with Gasteiger partial charge in [-0.3, -0.25) is 4.79 Å². The number of carbonyl (C=O) groups excluding carboxylic acids is 1. The highest BCUT2D eigenvalue weighted by atomic mass is 79.9. The van der Waals surface area contributed by atoms with Crippen LogP contribution in [0.3, 0.4) is 0 Å². The second-order valence-corrected chi connectivity index (χ2v) is 7.89. The van der Waals surface area contributed by atoms with Crippen LogP contribution in [0.15, 0.2) is 15.9 Å². The number of rotatable bonds is 2. The maximum absolute atomic E-state index is 12.1. The van der Waals surface area contributed by atoms with Crippen LogP contribution in [0.4, 0.5) is 0 Å². The molecule has 1 saturated heterocycles. The van der Waals surface area contributed by atoms with Gasteiger partial charge in [-0.15, -0.1) is 11.3 Å². The Labute approximate surface area is 119 Å². The number of amides is 1. The lowest BCUT2D eigenvalue weighted by Gasteiger charge is -2.32. The summed E-state index contributed by atoms with van der Waals surface area (Å²) >= 11 is 4.70. The van der Waals surface area contributed by atoms with E-state index in [-0.39, 0.29) is 5.91 Å². The van der Waals surface area contributed by atoms with E-state index in [4.69, 9.17) is 0 Å². The number of thiophene rings is 1. The maximum atomic E-state index is 12.1. The number of sulfonamides is 1. The van der Waals surface area contributed by atoms with Crippen LogP contribution in [0.25, 0.3) is 0 Å². The van der Waals surface area contributed by atoms with Crippen LogP contribution in [0.2, 0.25) is 0 Å². The Balaban J connectivity index is 2.00. The van der Waals surface area contributed by atoms with Gasteiger partial charge in [0, 0.05) is 36.0 Å². The van der Waals surface area contributed by atoms with E-state index in [1.165, 1.54) is 21.9 Å². The van der Waals surface area contributed by atoms with Crippen molar-refractivity contribution in [3.05, 3.63) is 20.8 Å². The SMILES string of the molecule is CS(=O)(=O)N1CCN(C(=O)c2cc(Br)cs2)CC1. The first-order valence-corrected chi connectivity index (χ1v) is 8.88. The topological polar surface area (TPSA) is 57.7 Å². The monoisotopic (exact) mass is 352 g/mol. The molecule has 0 unspecified atom stereocenters. The van der Waals surface area contributed by atoms with E-state index in [1.54, 1.807) is 11.0 Å². The summed E-state index contributed by atoms with van der Waals surface area (Å²) in [5, 5.41) is 1.86. The molecule has 0 radical (unpaired) electrons. The van der Waals surface area contributed by atoms with Crippen LogP contribution in [0.1, 0.15) is 9.67 Å². The van der Waals surface area contributed by atoms with Crippen LogP contribution in [0.5, 0.6) is 0 Å². The number of nitrogens with zero attached hydrogens (tertiary/aromatic N) is 2. The zero-order valence-electron chi connectivity index (χ0n) is 9.80. The molecule has 0 atom stereocenters. The third-order valence-electron chi connectivity index (χ3n) is 2.77. The van der Waals surface area contributed by atoms with E-state index in [0.717, 1.165) is 4.47 Å². The highest BCUT2D eigenvalue weighted by molar-refractivity contribution is 9.10. The number of hydrogen-bond donors (Lipinski definition) is 0. The smallest absolute Gasteiger partial charge is 0.264 e. The van der Waals surface area contributed by atoms with Crippen LogP contribution in [0, 0.1) is 0 Å². The van der Waals surface area contributed by atoms with Crippen molar-refractivity contribution in [3.63, 3.8) is 0 Å². The molecule has 0 N–H and O–H groups in total. The van der Waals surface area contributed by atoms with Gasteiger partial charge in [-0.05, 0) is 22.0 Å². The summed E-state index contributed by atoms with van der Waals surface area (Å²) < 4.78 is 25.0. The van der Waals surface area contributed by atoms with E-state index in [0.29, 0.717) is 31.1 Å². The summed E-state index contributed by atoms with van der Waals surface area (Å²) in [6.07, 6.45) is 1.20. The van der Waals surface area contributed by atoms with Gasteiger partial charge in [0.15, 0.2) is 0 Å². The van der Waals surface area contributed by atoms with Crippen LogP contribution in [-0.4, -0.2) is 56.0 Å². The average Bonchev–Trinajstić information content (AvgIpc) is 2.74. The Morgan fingerprint density at radius 1 is 1.33 bits per heavy atom. The van der Waals surface area contributed by atoms with Crippen molar-refractivity contribution in [1.29, 1.82) is 0 Å². The van der Waals surface area contributed by atoms with E-state index in [9.17, 15) is 13.2 Å². The van der Waals surface area contributed by atoms with Gasteiger partial charge >= 0.3 is 0 Å². The Hall–Kier alpha value is -0.440. The first-order chi connectivity index (χ1) is 8.38. The summed E-state index contributed by atoms with van der Waals surface area (Å²) in [6, 6.07) is 1.79. The van der Waals surface area contributed by atoms with Gasteiger partial charge in [-0.25, -0.2) is 8.42 Å². The Bertz CT molecular complexity index is 547. The molecule has 1 fully saturated rings. The molecule has 18 heavy (non-hydrogen) atoms. The van der Waals surface area contributed by atoms with Crippen LogP contribution in [-0.2, 0) is 10.0 Å². The minimum atomic E-state index is -3.15. The molecule has 0 saturated carbocycles. The van der Waals surface area contributed by atoms with E-state index < -0.39 is 10.0 Å². The van der Waals surface area contributed by atoms with Crippen LogP contribution < -0.4 is 0 Å². The lowest BCUT2D eigenvalue weighted by atomic mass is 10.3. The maximum Gasteiger partial charge on any atom is 0.264 e. The lowest BCUT2D eigenvalue weighted by molar-refractivity contribution is 0.0703. The van der Waals surface area contributed by atoms with Crippen molar-refractivity contribution in [2.24, 2.45) is 0 Å². The number of halogens is 1. The Morgan fingerprint density at radius 2 is 1.94 bits per heavy atom. The first kappa shape index (κ1) is 14.0. The molecule has 0 aromatic carbocycles. The molecule has 1 aliphatic heterocycles. The minimum Gasteiger partial charge on any atom is -0.335 e. The minimum absolute atomic E-state index is 0.0288. The largest absolute Gasteiger partial charge is 0.335 e. The second kappa shape index (κ2) is 5.28. The molecule has 0 spiro atoms. The van der Waals surface area contributed by atoms with Gasteiger partial charge in [0.05, 0.1) is 11.1 Å². The third-order valence-corrected chi connectivity index (χ3v) is 5.76. The van der Waals surface area contributed by atoms with E-state index in [2.05, 4.69) is 15.9 Å². The summed E-state index contributed by atoms with van der Waals surface area (Å²) in [5.41, 5.74) is 0. The van der Waals surface area contributed by atoms with Crippen molar-refractivity contribution in [3.8, 4) is 0 Å². The zero-order chi connectivity index (χ0) is 13.3. The number of hydrogen-bond acceptors (Lipinski definition) is 4. The molecule has 2 rings (SSSR count). The molecule has 1 aromatic rings. The third kappa shape index (κ3) is 3.11. The van der Waals surface area contributed by atoms with Crippen molar-refractivity contribution < 1.29 is 13.2 Å². The van der Waals surface area contributed by atoms with Gasteiger partial charge in [0.25, 0.3) is 5.91 Å². The molecular formula is C10H13BrN2O3S2. The van der Waals surface area contributed by atoms with Crippen molar-refractivity contribution >= 4 is 43.2 Å². The Kier molecular flexibility index (Phi) is 4.10. The van der Waals surface area contributed by atoms with Crippen LogP contribution >= 0.6 is 27.3 Å². The summed E-state index contributed by atoms with van der Waals surface area (Å²) in [6.45, 7) is 1.64. The van der Waals surface area contributed by atoms with Crippen molar-refractivity contribution in [1.82, 2.24) is 9.21 Å². The van der Waals surface area contributed by atoms with Gasteiger partial charge in [-0.1, -0.05) is 0 Å². The van der Waals surface area contributed by atoms with Gasteiger partial charge < -0.3 is 4.90 Å². The molecule has 8 heteroatoms. The Morgan fingerprint density at radius 3 is 2.39 bits per heavy atom. The highest BCUT2D eigenvalue weighted by Crippen LogP contribution is 2.21. The molecular weight excluding hydrogens is 340 g/mol. The molecule has 1 amide bonds. The second-order valence-electron chi connectivity index (χ2n) is 4.08. The van der Waals surface area contributed by atoms with Crippen molar-refractivity contribution in [2.75, 3.05) is 32.4 Å². The van der Waals surface area contributed by atoms with E-state index >= 15 is 0 Å². The highest BCUT2D eigenvalue weighted by Gasteiger charge is 2.27. The zero-order valence-corrected chi connectivity index (χ0v) is 13.0. The van der Waals surface area contributed by atoms with Crippen molar-refractivity contribution in [2.45, 2.75) is 0 Å². The lowest BCUT2D eigenvalue weighted by Crippen LogP contribution is -2.50. The molecule has 5 nitrogen and oxygen atoms in total. The van der Waals surface area contributed by atoms with Gasteiger partial charge in [0.2, 0.25) is 10.0 Å². The molecule has 0 bridgehead atoms. The fourth-order valence-corrected chi connectivity index (χ4v) is 4.02. The number of piperazine rings is 1. The molecule has 0 aliphatic carbocycles. The standard InChI is InChI=1S/C10H13BrN2O3S2/c1-18(15,16)13-4-2-12(3-5-13)10(14)9-6-8(11)7-17-9/h6-7H,2-5H2,1H3. The summed E-state index contributed by atoms with van der Waals surface area (Å²) in [7, 11) is -3.15. The van der Waals surface area contributed by atoms with Gasteiger partial charge in [0.1, 0.15) is 0 Å². The molecule has 1 aromatic heterocycles. The first-order valence-electron chi connectivity index (χ1n) is 5.36. The summed E-state index contributed by atoms with van der Waals surface area (Å²) in [4.78, 5) is 14.5. The molecule has 2 heterocycles.